The highest BCUT2D eigenvalue weighted by molar-refractivity contribution is 7.15. The van der Waals surface area contributed by atoms with Crippen LogP contribution in [0.3, 0.4) is 0 Å². The number of fused-ring (bicyclic) bond motifs is 1. The van der Waals surface area contributed by atoms with Crippen molar-refractivity contribution >= 4 is 28.3 Å². The summed E-state index contributed by atoms with van der Waals surface area (Å²) >= 11 is 1.24. The molecule has 0 amide bonds. The summed E-state index contributed by atoms with van der Waals surface area (Å²) in [6.45, 7) is 0. The number of hydrogen-bond donors (Lipinski definition) is 0. The van der Waals surface area contributed by atoms with E-state index in [0.29, 0.717) is 37.9 Å². The lowest BCUT2D eigenvalue weighted by Crippen LogP contribution is -2.23. The Morgan fingerprint density at radius 2 is 1.77 bits per heavy atom. The van der Waals surface area contributed by atoms with Gasteiger partial charge in [-0.15, -0.1) is 5.10 Å². The summed E-state index contributed by atoms with van der Waals surface area (Å²) in [4.78, 5) is 29.2. The van der Waals surface area contributed by atoms with Gasteiger partial charge in [-0.3, -0.25) is 4.79 Å². The van der Waals surface area contributed by atoms with Crippen LogP contribution in [0.25, 0.3) is 22.4 Å². The molecule has 8 nitrogen and oxygen atoms in total. The van der Waals surface area contributed by atoms with Crippen LogP contribution in [0.5, 0.6) is 11.5 Å². The quantitative estimate of drug-likeness (QED) is 0.454. The van der Waals surface area contributed by atoms with Gasteiger partial charge >= 0.3 is 5.97 Å². The van der Waals surface area contributed by atoms with Gasteiger partial charge in [0.15, 0.2) is 17.3 Å². The third-order valence-corrected chi connectivity index (χ3v) is 5.41. The summed E-state index contributed by atoms with van der Waals surface area (Å²) in [5.41, 5.74) is 1.68. The second-order valence-corrected chi connectivity index (χ2v) is 7.24. The van der Waals surface area contributed by atoms with Gasteiger partial charge in [-0.1, -0.05) is 23.5 Å². The van der Waals surface area contributed by atoms with Crippen LogP contribution in [-0.2, 0) is 4.74 Å². The first kappa shape index (κ1) is 19.6. The maximum absolute atomic E-state index is 12.7. The molecule has 4 aromatic rings. The van der Waals surface area contributed by atoms with E-state index in [1.807, 2.05) is 0 Å². The molecule has 2 aromatic carbocycles. The van der Waals surface area contributed by atoms with Crippen molar-refractivity contribution in [2.75, 3.05) is 21.3 Å². The first-order valence-electron chi connectivity index (χ1n) is 8.86. The molecule has 4 rings (SSSR count). The summed E-state index contributed by atoms with van der Waals surface area (Å²) in [6.07, 6.45) is 1.74. The smallest absolute Gasteiger partial charge is 0.337 e. The van der Waals surface area contributed by atoms with Crippen molar-refractivity contribution in [1.29, 1.82) is 0 Å². The monoisotopic (exact) mass is 423 g/mol. The molecule has 152 valence electrons. The SMILES string of the molecule is COC(=O)c1ccc(/C=c2/sc3nc(-c4ccc(OC)c(OC)c4)nn3c2=O)cc1. The number of rotatable bonds is 5. The van der Waals surface area contributed by atoms with Crippen molar-refractivity contribution in [3.8, 4) is 22.9 Å². The fourth-order valence-electron chi connectivity index (χ4n) is 2.92. The summed E-state index contributed by atoms with van der Waals surface area (Å²) in [7, 11) is 4.44. The van der Waals surface area contributed by atoms with Gasteiger partial charge in [0.1, 0.15) is 0 Å². The minimum atomic E-state index is -0.410. The Bertz CT molecular complexity index is 1340. The molecule has 0 unspecified atom stereocenters. The molecule has 9 heteroatoms. The lowest BCUT2D eigenvalue weighted by molar-refractivity contribution is 0.0600. The van der Waals surface area contributed by atoms with Crippen LogP contribution in [-0.4, -0.2) is 41.9 Å². The highest BCUT2D eigenvalue weighted by Gasteiger charge is 2.14. The Hall–Kier alpha value is -3.72. The van der Waals surface area contributed by atoms with Gasteiger partial charge in [-0.25, -0.2) is 4.79 Å². The van der Waals surface area contributed by atoms with Crippen LogP contribution in [0.15, 0.2) is 47.3 Å². The average molecular weight is 423 g/mol. The minimum absolute atomic E-state index is 0.258. The molecule has 2 aromatic heterocycles. The van der Waals surface area contributed by atoms with Crippen LogP contribution >= 0.6 is 11.3 Å². The van der Waals surface area contributed by atoms with Crippen molar-refractivity contribution in [1.82, 2.24) is 14.6 Å². The molecule has 0 radical (unpaired) electrons. The average Bonchev–Trinajstić information content (AvgIpc) is 3.32. The number of thiazole rings is 1. The van der Waals surface area contributed by atoms with Crippen molar-refractivity contribution < 1.29 is 19.0 Å². The number of hydrogen-bond acceptors (Lipinski definition) is 8. The molecule has 0 aliphatic heterocycles. The molecule has 0 spiro atoms. The van der Waals surface area contributed by atoms with E-state index < -0.39 is 5.97 Å². The van der Waals surface area contributed by atoms with Crippen molar-refractivity contribution in [2.24, 2.45) is 0 Å². The first-order valence-corrected chi connectivity index (χ1v) is 9.67. The topological polar surface area (TPSA) is 92.0 Å². The van der Waals surface area contributed by atoms with Gasteiger partial charge in [-0.2, -0.15) is 9.50 Å². The number of nitrogens with zero attached hydrogens (tertiary/aromatic N) is 3. The van der Waals surface area contributed by atoms with E-state index in [1.54, 1.807) is 62.8 Å². The van der Waals surface area contributed by atoms with Crippen LogP contribution < -0.4 is 19.6 Å². The van der Waals surface area contributed by atoms with Crippen LogP contribution in [0.2, 0.25) is 0 Å². The Labute approximate surface area is 175 Å². The number of carbonyl (C=O) groups excluding carboxylic acids is 1. The standard InChI is InChI=1S/C21H17N3O5S/c1-27-15-9-8-14(11-16(15)28-2)18-22-21-24(23-18)19(25)17(30-21)10-12-4-6-13(7-5-12)20(26)29-3/h4-11H,1-3H3/b17-10+. The van der Waals surface area contributed by atoms with E-state index >= 15 is 0 Å². The van der Waals surface area contributed by atoms with Gasteiger partial charge in [0.05, 0.1) is 31.4 Å². The molecule has 0 aliphatic carbocycles. The molecule has 0 atom stereocenters. The second-order valence-electron chi connectivity index (χ2n) is 6.23. The largest absolute Gasteiger partial charge is 0.493 e. The highest BCUT2D eigenvalue weighted by atomic mass is 32.1. The normalized spacial score (nSPS) is 11.6. The first-order chi connectivity index (χ1) is 14.5. The molecule has 0 saturated carbocycles. The van der Waals surface area contributed by atoms with Crippen LogP contribution in [0, 0.1) is 0 Å². The number of carbonyl (C=O) groups is 1. The summed E-state index contributed by atoms with van der Waals surface area (Å²) in [6, 6.07) is 12.1. The minimum Gasteiger partial charge on any atom is -0.493 e. The lowest BCUT2D eigenvalue weighted by atomic mass is 10.1. The Kier molecular flexibility index (Phi) is 5.20. The fraction of sp³-hybridized carbons (Fsp3) is 0.143. The van der Waals surface area contributed by atoms with E-state index in [0.717, 1.165) is 5.56 Å². The van der Waals surface area contributed by atoms with Crippen molar-refractivity contribution in [2.45, 2.75) is 0 Å². The number of esters is 1. The predicted octanol–water partition coefficient (Wildman–Crippen LogP) is 2.17. The van der Waals surface area contributed by atoms with Gasteiger partial charge in [0.25, 0.3) is 5.56 Å². The summed E-state index contributed by atoms with van der Waals surface area (Å²) < 4.78 is 17.0. The fourth-order valence-corrected chi connectivity index (χ4v) is 3.82. The second kappa shape index (κ2) is 7.96. The van der Waals surface area contributed by atoms with E-state index in [1.165, 1.54) is 23.0 Å². The maximum atomic E-state index is 12.7. The molecule has 0 aliphatic rings. The van der Waals surface area contributed by atoms with Gasteiger partial charge < -0.3 is 14.2 Å². The number of benzene rings is 2. The zero-order valence-corrected chi connectivity index (χ0v) is 17.2. The van der Waals surface area contributed by atoms with Crippen LogP contribution in [0.4, 0.5) is 0 Å². The molecule has 30 heavy (non-hydrogen) atoms. The Morgan fingerprint density at radius 1 is 1.03 bits per heavy atom. The van der Waals surface area contributed by atoms with E-state index in [9.17, 15) is 9.59 Å². The highest BCUT2D eigenvalue weighted by Crippen LogP contribution is 2.31. The molecular weight excluding hydrogens is 406 g/mol. The van der Waals surface area contributed by atoms with Crippen molar-refractivity contribution in [3.63, 3.8) is 0 Å². The van der Waals surface area contributed by atoms with E-state index in [-0.39, 0.29) is 5.56 Å². The van der Waals surface area contributed by atoms with Gasteiger partial charge in [0, 0.05) is 5.56 Å². The van der Waals surface area contributed by atoms with Crippen LogP contribution in [0.1, 0.15) is 15.9 Å². The molecule has 0 bridgehead atoms. The third-order valence-electron chi connectivity index (χ3n) is 4.45. The number of ether oxygens (including phenoxy) is 3. The predicted molar refractivity (Wildman–Crippen MR) is 112 cm³/mol. The number of aromatic nitrogens is 3. The van der Waals surface area contributed by atoms with E-state index in [2.05, 4.69) is 14.8 Å². The lowest BCUT2D eigenvalue weighted by Gasteiger charge is -2.07. The van der Waals surface area contributed by atoms with Gasteiger partial charge in [0.2, 0.25) is 4.96 Å². The Balaban J connectivity index is 1.70. The summed E-state index contributed by atoms with van der Waals surface area (Å²) in [5, 5.41) is 4.35. The maximum Gasteiger partial charge on any atom is 0.337 e. The molecule has 0 fully saturated rings. The molecule has 2 heterocycles. The molecule has 0 N–H and O–H groups in total. The molecule has 0 saturated heterocycles. The van der Waals surface area contributed by atoms with Crippen molar-refractivity contribution in [3.05, 3.63) is 68.5 Å². The number of methoxy groups -OCH3 is 3. The zero-order chi connectivity index (χ0) is 21.3. The Morgan fingerprint density at radius 3 is 2.40 bits per heavy atom. The summed E-state index contributed by atoms with van der Waals surface area (Å²) in [5.74, 6) is 1.17. The van der Waals surface area contributed by atoms with Gasteiger partial charge in [-0.05, 0) is 42.0 Å². The van der Waals surface area contributed by atoms with E-state index in [4.69, 9.17) is 9.47 Å². The zero-order valence-electron chi connectivity index (χ0n) is 16.4. The molecular formula is C21H17N3O5S. The third kappa shape index (κ3) is 3.50.